The molecule has 0 spiro atoms. The van der Waals surface area contributed by atoms with Crippen LogP contribution in [-0.2, 0) is 17.9 Å². The van der Waals surface area contributed by atoms with E-state index in [-0.39, 0.29) is 11.7 Å². The van der Waals surface area contributed by atoms with E-state index in [2.05, 4.69) is 5.32 Å². The number of nitrogens with zero attached hydrogens (tertiary/aromatic N) is 1. The van der Waals surface area contributed by atoms with Crippen LogP contribution in [-0.4, -0.2) is 30.4 Å². The molecule has 1 aromatic carbocycles. The highest BCUT2D eigenvalue weighted by Crippen LogP contribution is 2.13. The van der Waals surface area contributed by atoms with Gasteiger partial charge in [-0.3, -0.25) is 9.69 Å². The van der Waals surface area contributed by atoms with Crippen molar-refractivity contribution >= 4 is 5.91 Å². The molecule has 1 amide bonds. The molecule has 1 heterocycles. The van der Waals surface area contributed by atoms with Crippen LogP contribution in [0.25, 0.3) is 0 Å². The van der Waals surface area contributed by atoms with E-state index in [9.17, 15) is 9.18 Å². The second-order valence-corrected chi connectivity index (χ2v) is 4.19. The number of carbonyl (C=O) groups is 1. The number of carbonyl (C=O) groups excluding carboxylic acids is 1. The van der Waals surface area contributed by atoms with Gasteiger partial charge in [-0.05, 0) is 11.6 Å². The second-order valence-electron chi connectivity index (χ2n) is 4.19. The molecule has 0 bridgehead atoms. The molecule has 1 aliphatic heterocycles. The van der Waals surface area contributed by atoms with Gasteiger partial charge in [0.15, 0.2) is 0 Å². The number of benzene rings is 1. The summed E-state index contributed by atoms with van der Waals surface area (Å²) in [5.41, 5.74) is 7.03. The van der Waals surface area contributed by atoms with E-state index < -0.39 is 0 Å². The largest absolute Gasteiger partial charge is 0.354 e. The lowest BCUT2D eigenvalue weighted by molar-refractivity contribution is -0.124. The fourth-order valence-corrected chi connectivity index (χ4v) is 1.94. The van der Waals surface area contributed by atoms with Gasteiger partial charge in [0.05, 0.1) is 6.54 Å². The molecule has 17 heavy (non-hydrogen) atoms. The normalized spacial score (nSPS) is 16.9. The Labute approximate surface area is 99.6 Å². The molecule has 1 aliphatic rings. The molecule has 1 aromatic rings. The first-order valence-corrected chi connectivity index (χ1v) is 5.65. The summed E-state index contributed by atoms with van der Waals surface area (Å²) in [5, 5.41) is 2.74. The molecule has 1 saturated heterocycles. The topological polar surface area (TPSA) is 58.4 Å². The van der Waals surface area contributed by atoms with Crippen LogP contribution in [0.3, 0.4) is 0 Å². The van der Waals surface area contributed by atoms with Gasteiger partial charge in [-0.1, -0.05) is 12.1 Å². The number of piperazine rings is 1. The number of hydrogen-bond donors (Lipinski definition) is 2. The maximum Gasteiger partial charge on any atom is 0.234 e. The lowest BCUT2D eigenvalue weighted by atomic mass is 10.1. The van der Waals surface area contributed by atoms with E-state index in [1.54, 1.807) is 12.1 Å². The quantitative estimate of drug-likeness (QED) is 0.790. The molecule has 2 rings (SSSR count). The first kappa shape index (κ1) is 12.0. The van der Waals surface area contributed by atoms with Crippen LogP contribution in [0.5, 0.6) is 0 Å². The van der Waals surface area contributed by atoms with Crippen LogP contribution >= 0.6 is 0 Å². The van der Waals surface area contributed by atoms with E-state index >= 15 is 0 Å². The van der Waals surface area contributed by atoms with Gasteiger partial charge in [0.1, 0.15) is 5.82 Å². The summed E-state index contributed by atoms with van der Waals surface area (Å²) >= 11 is 0. The van der Waals surface area contributed by atoms with Gasteiger partial charge in [-0.25, -0.2) is 4.39 Å². The smallest absolute Gasteiger partial charge is 0.234 e. The SMILES string of the molecule is NCc1ccc(F)c(CN2CCNC(=O)C2)c1. The zero-order chi connectivity index (χ0) is 12.3. The van der Waals surface area contributed by atoms with Gasteiger partial charge >= 0.3 is 0 Å². The summed E-state index contributed by atoms with van der Waals surface area (Å²) in [6, 6.07) is 4.88. The number of hydrogen-bond acceptors (Lipinski definition) is 3. The Morgan fingerprint density at radius 3 is 3.00 bits per heavy atom. The molecule has 3 N–H and O–H groups in total. The van der Waals surface area contributed by atoms with E-state index in [1.807, 2.05) is 4.90 Å². The average molecular weight is 237 g/mol. The summed E-state index contributed by atoms with van der Waals surface area (Å²) in [6.07, 6.45) is 0. The Balaban J connectivity index is 2.09. The third-order valence-corrected chi connectivity index (χ3v) is 2.86. The van der Waals surface area contributed by atoms with Crippen molar-refractivity contribution in [3.05, 3.63) is 35.1 Å². The van der Waals surface area contributed by atoms with E-state index in [4.69, 9.17) is 5.73 Å². The molecule has 92 valence electrons. The van der Waals surface area contributed by atoms with Crippen LogP contribution in [0.4, 0.5) is 4.39 Å². The Morgan fingerprint density at radius 2 is 2.29 bits per heavy atom. The van der Waals surface area contributed by atoms with Crippen molar-refractivity contribution in [1.29, 1.82) is 0 Å². The third-order valence-electron chi connectivity index (χ3n) is 2.86. The van der Waals surface area contributed by atoms with Crippen molar-refractivity contribution in [3.8, 4) is 0 Å². The van der Waals surface area contributed by atoms with Gasteiger partial charge in [-0.2, -0.15) is 0 Å². The minimum atomic E-state index is -0.242. The number of nitrogens with one attached hydrogen (secondary N) is 1. The van der Waals surface area contributed by atoms with Crippen molar-refractivity contribution in [2.45, 2.75) is 13.1 Å². The molecule has 0 radical (unpaired) electrons. The van der Waals surface area contributed by atoms with Crippen LogP contribution in [0.2, 0.25) is 0 Å². The van der Waals surface area contributed by atoms with Crippen molar-refractivity contribution in [2.24, 2.45) is 5.73 Å². The molecule has 0 saturated carbocycles. The van der Waals surface area contributed by atoms with Crippen molar-refractivity contribution in [3.63, 3.8) is 0 Å². The fraction of sp³-hybridized carbons (Fsp3) is 0.417. The maximum atomic E-state index is 13.6. The van der Waals surface area contributed by atoms with Gasteiger partial charge in [0.25, 0.3) is 0 Å². The first-order valence-electron chi connectivity index (χ1n) is 5.65. The summed E-state index contributed by atoms with van der Waals surface area (Å²) < 4.78 is 13.6. The Morgan fingerprint density at radius 1 is 1.47 bits per heavy atom. The number of halogens is 1. The Hall–Kier alpha value is -1.46. The van der Waals surface area contributed by atoms with Crippen molar-refractivity contribution in [1.82, 2.24) is 10.2 Å². The van der Waals surface area contributed by atoms with E-state index in [0.717, 1.165) is 12.1 Å². The maximum absolute atomic E-state index is 13.6. The standard InChI is InChI=1S/C12H16FN3O/c13-11-2-1-9(6-14)5-10(11)7-16-4-3-15-12(17)8-16/h1-2,5H,3-4,6-8,14H2,(H,15,17). The molecule has 0 aromatic heterocycles. The highest BCUT2D eigenvalue weighted by Gasteiger charge is 2.17. The molecular weight excluding hydrogens is 221 g/mol. The van der Waals surface area contributed by atoms with Gasteiger partial charge in [0.2, 0.25) is 5.91 Å². The molecule has 5 heteroatoms. The highest BCUT2D eigenvalue weighted by atomic mass is 19.1. The predicted octanol–water partition coefficient (Wildman–Crippen LogP) is 0.216. The van der Waals surface area contributed by atoms with Gasteiger partial charge in [0, 0.05) is 31.7 Å². The van der Waals surface area contributed by atoms with Crippen LogP contribution in [0.1, 0.15) is 11.1 Å². The Bertz CT molecular complexity index is 422. The van der Waals surface area contributed by atoms with Gasteiger partial charge in [-0.15, -0.1) is 0 Å². The first-order chi connectivity index (χ1) is 8.19. The van der Waals surface area contributed by atoms with Crippen molar-refractivity contribution < 1.29 is 9.18 Å². The lowest BCUT2D eigenvalue weighted by Gasteiger charge is -2.26. The molecular formula is C12H16FN3O. The number of rotatable bonds is 3. The summed E-state index contributed by atoms with van der Waals surface area (Å²) in [4.78, 5) is 13.1. The monoisotopic (exact) mass is 237 g/mol. The fourth-order valence-electron chi connectivity index (χ4n) is 1.94. The van der Waals surface area contributed by atoms with E-state index in [0.29, 0.717) is 31.7 Å². The molecule has 0 atom stereocenters. The molecule has 4 nitrogen and oxygen atoms in total. The van der Waals surface area contributed by atoms with Crippen LogP contribution < -0.4 is 11.1 Å². The zero-order valence-electron chi connectivity index (χ0n) is 9.58. The third kappa shape index (κ3) is 3.01. The molecule has 0 unspecified atom stereocenters. The summed E-state index contributed by atoms with van der Waals surface area (Å²) in [5.74, 6) is -0.250. The lowest BCUT2D eigenvalue weighted by Crippen LogP contribution is -2.47. The zero-order valence-corrected chi connectivity index (χ0v) is 9.58. The minimum Gasteiger partial charge on any atom is -0.354 e. The average Bonchev–Trinajstić information content (AvgIpc) is 2.32. The Kier molecular flexibility index (Phi) is 3.71. The molecule has 1 fully saturated rings. The van der Waals surface area contributed by atoms with Crippen LogP contribution in [0, 0.1) is 5.82 Å². The number of amides is 1. The van der Waals surface area contributed by atoms with Crippen molar-refractivity contribution in [2.75, 3.05) is 19.6 Å². The summed E-state index contributed by atoms with van der Waals surface area (Å²) in [6.45, 7) is 2.54. The minimum absolute atomic E-state index is 0.00774. The molecule has 0 aliphatic carbocycles. The number of nitrogens with two attached hydrogens (primary N) is 1. The van der Waals surface area contributed by atoms with E-state index in [1.165, 1.54) is 6.07 Å². The predicted molar refractivity (Wildman–Crippen MR) is 62.6 cm³/mol. The second kappa shape index (κ2) is 5.25. The highest BCUT2D eigenvalue weighted by molar-refractivity contribution is 5.78. The summed E-state index contributed by atoms with van der Waals surface area (Å²) in [7, 11) is 0. The van der Waals surface area contributed by atoms with Gasteiger partial charge < -0.3 is 11.1 Å². The van der Waals surface area contributed by atoms with Crippen LogP contribution in [0.15, 0.2) is 18.2 Å².